The van der Waals surface area contributed by atoms with E-state index in [1.54, 1.807) is 29.0 Å². The molecular weight excluding hydrogens is 310 g/mol. The second-order valence-electron chi connectivity index (χ2n) is 6.62. The highest BCUT2D eigenvalue weighted by Gasteiger charge is 2.27. The molecule has 2 rings (SSSR count). The average molecular weight is 335 g/mol. The van der Waals surface area contributed by atoms with Gasteiger partial charge in [-0.1, -0.05) is 6.07 Å². The maximum atomic E-state index is 12.3. The number of amides is 3. The fourth-order valence-electron chi connectivity index (χ4n) is 2.32. The molecule has 1 N–H and O–H groups in total. The van der Waals surface area contributed by atoms with Crippen molar-refractivity contribution in [1.82, 2.24) is 9.80 Å². The molecule has 0 bridgehead atoms. The van der Waals surface area contributed by atoms with Gasteiger partial charge in [0.25, 0.3) is 0 Å². The minimum absolute atomic E-state index is 0.188. The van der Waals surface area contributed by atoms with E-state index >= 15 is 0 Å². The second kappa shape index (κ2) is 7.42. The third-order valence-electron chi connectivity index (χ3n) is 3.54. The van der Waals surface area contributed by atoms with Crippen molar-refractivity contribution in [3.8, 4) is 5.75 Å². The van der Waals surface area contributed by atoms with Crippen LogP contribution in [-0.2, 0) is 4.74 Å². The van der Waals surface area contributed by atoms with E-state index in [-0.39, 0.29) is 12.1 Å². The highest BCUT2D eigenvalue weighted by atomic mass is 16.6. The third-order valence-corrected chi connectivity index (χ3v) is 3.54. The quantitative estimate of drug-likeness (QED) is 0.902. The van der Waals surface area contributed by atoms with E-state index in [2.05, 4.69) is 5.32 Å². The fraction of sp³-hybridized carbons (Fsp3) is 0.529. The van der Waals surface area contributed by atoms with Gasteiger partial charge in [-0.05, 0) is 32.9 Å². The number of urea groups is 1. The zero-order valence-corrected chi connectivity index (χ0v) is 14.7. The van der Waals surface area contributed by atoms with Crippen molar-refractivity contribution < 1.29 is 19.1 Å². The van der Waals surface area contributed by atoms with Crippen LogP contribution in [0.15, 0.2) is 24.3 Å². The first-order valence-electron chi connectivity index (χ1n) is 7.96. The van der Waals surface area contributed by atoms with Crippen LogP contribution in [0.3, 0.4) is 0 Å². The summed E-state index contributed by atoms with van der Waals surface area (Å²) in [5, 5.41) is 2.84. The number of benzene rings is 1. The summed E-state index contributed by atoms with van der Waals surface area (Å²) < 4.78 is 10.5. The number of carbonyl (C=O) groups is 2. The van der Waals surface area contributed by atoms with Gasteiger partial charge in [-0.3, -0.25) is 0 Å². The molecule has 1 aliphatic rings. The number of nitrogens with zero attached hydrogens (tertiary/aromatic N) is 2. The van der Waals surface area contributed by atoms with E-state index in [0.717, 1.165) is 0 Å². The number of carbonyl (C=O) groups excluding carboxylic acids is 2. The van der Waals surface area contributed by atoms with Gasteiger partial charge in [-0.15, -0.1) is 0 Å². The van der Waals surface area contributed by atoms with Gasteiger partial charge in [0.1, 0.15) is 11.4 Å². The molecule has 7 heteroatoms. The Labute approximate surface area is 142 Å². The Hall–Kier alpha value is -2.44. The first-order valence-corrected chi connectivity index (χ1v) is 7.96. The lowest BCUT2D eigenvalue weighted by Gasteiger charge is -2.35. The molecule has 1 aliphatic heterocycles. The van der Waals surface area contributed by atoms with E-state index in [4.69, 9.17) is 9.47 Å². The Morgan fingerprint density at radius 1 is 1.08 bits per heavy atom. The maximum absolute atomic E-state index is 12.3. The van der Waals surface area contributed by atoms with Crippen LogP contribution < -0.4 is 10.1 Å². The second-order valence-corrected chi connectivity index (χ2v) is 6.62. The first kappa shape index (κ1) is 17.9. The summed E-state index contributed by atoms with van der Waals surface area (Å²) in [6.45, 7) is 7.36. The number of anilines is 1. The Morgan fingerprint density at radius 2 is 1.71 bits per heavy atom. The van der Waals surface area contributed by atoms with Crippen LogP contribution in [0.25, 0.3) is 0 Å². The van der Waals surface area contributed by atoms with Crippen molar-refractivity contribution in [1.29, 1.82) is 0 Å². The number of ether oxygens (including phenoxy) is 2. The molecule has 1 aromatic carbocycles. The van der Waals surface area contributed by atoms with Crippen LogP contribution >= 0.6 is 0 Å². The fourth-order valence-corrected chi connectivity index (χ4v) is 2.32. The molecule has 1 heterocycles. The van der Waals surface area contributed by atoms with Crippen LogP contribution in [0, 0.1) is 0 Å². The summed E-state index contributed by atoms with van der Waals surface area (Å²) in [4.78, 5) is 27.6. The predicted molar refractivity (Wildman–Crippen MR) is 91.4 cm³/mol. The number of hydrogen-bond donors (Lipinski definition) is 1. The number of methoxy groups -OCH3 is 1. The van der Waals surface area contributed by atoms with Crippen molar-refractivity contribution >= 4 is 17.8 Å². The standard InChI is InChI=1S/C17H25N3O4/c1-17(2,3)24-16(22)20-10-8-19(9-11-20)15(21)18-13-6-5-7-14(12-13)23-4/h5-7,12H,8-11H2,1-4H3,(H,18,21). The van der Waals surface area contributed by atoms with Gasteiger partial charge >= 0.3 is 12.1 Å². The summed E-state index contributed by atoms with van der Waals surface area (Å²) >= 11 is 0. The average Bonchev–Trinajstić information content (AvgIpc) is 2.53. The number of rotatable bonds is 2. The topological polar surface area (TPSA) is 71.1 Å². The van der Waals surface area contributed by atoms with Crippen LogP contribution in [-0.4, -0.2) is 60.8 Å². The Bertz CT molecular complexity index is 590. The van der Waals surface area contributed by atoms with Gasteiger partial charge in [-0.2, -0.15) is 0 Å². The van der Waals surface area contributed by atoms with Gasteiger partial charge in [0.05, 0.1) is 7.11 Å². The van der Waals surface area contributed by atoms with Crippen LogP contribution in [0.5, 0.6) is 5.75 Å². The van der Waals surface area contributed by atoms with E-state index in [1.165, 1.54) is 0 Å². The van der Waals surface area contributed by atoms with Crippen LogP contribution in [0.1, 0.15) is 20.8 Å². The molecular formula is C17H25N3O4. The molecule has 24 heavy (non-hydrogen) atoms. The molecule has 3 amide bonds. The molecule has 1 fully saturated rings. The van der Waals surface area contributed by atoms with Gasteiger partial charge in [0, 0.05) is 37.9 Å². The summed E-state index contributed by atoms with van der Waals surface area (Å²) in [6, 6.07) is 7.00. The molecule has 0 radical (unpaired) electrons. The lowest BCUT2D eigenvalue weighted by molar-refractivity contribution is 0.0174. The van der Waals surface area contributed by atoms with Crippen molar-refractivity contribution in [3.63, 3.8) is 0 Å². The van der Waals surface area contributed by atoms with Crippen molar-refractivity contribution in [3.05, 3.63) is 24.3 Å². The zero-order chi connectivity index (χ0) is 17.7. The largest absolute Gasteiger partial charge is 0.497 e. The van der Waals surface area contributed by atoms with Crippen molar-refractivity contribution in [2.45, 2.75) is 26.4 Å². The highest BCUT2D eigenvalue weighted by Crippen LogP contribution is 2.18. The monoisotopic (exact) mass is 335 g/mol. The molecule has 0 atom stereocenters. The zero-order valence-electron chi connectivity index (χ0n) is 14.7. The summed E-state index contributed by atoms with van der Waals surface area (Å²) in [5.74, 6) is 0.683. The third kappa shape index (κ3) is 5.04. The molecule has 1 saturated heterocycles. The molecule has 0 aliphatic carbocycles. The minimum atomic E-state index is -0.516. The molecule has 132 valence electrons. The number of hydrogen-bond acceptors (Lipinski definition) is 4. The van der Waals surface area contributed by atoms with Crippen LogP contribution in [0.4, 0.5) is 15.3 Å². The van der Waals surface area contributed by atoms with E-state index in [9.17, 15) is 9.59 Å². The Morgan fingerprint density at radius 3 is 2.29 bits per heavy atom. The van der Waals surface area contributed by atoms with Gasteiger partial charge < -0.3 is 24.6 Å². The first-order chi connectivity index (χ1) is 11.3. The van der Waals surface area contributed by atoms with Gasteiger partial charge in [0.2, 0.25) is 0 Å². The highest BCUT2D eigenvalue weighted by molar-refractivity contribution is 5.89. The van der Waals surface area contributed by atoms with E-state index in [0.29, 0.717) is 37.6 Å². The normalized spacial score (nSPS) is 15.0. The SMILES string of the molecule is COc1cccc(NC(=O)N2CCN(C(=O)OC(C)(C)C)CC2)c1. The van der Waals surface area contributed by atoms with Crippen LogP contribution in [0.2, 0.25) is 0 Å². The summed E-state index contributed by atoms with van der Waals surface area (Å²) in [5.41, 5.74) is 0.159. The van der Waals surface area contributed by atoms with Crippen molar-refractivity contribution in [2.24, 2.45) is 0 Å². The van der Waals surface area contributed by atoms with E-state index in [1.807, 2.05) is 32.9 Å². The Balaban J connectivity index is 1.85. The smallest absolute Gasteiger partial charge is 0.410 e. The molecule has 0 spiro atoms. The molecule has 1 aromatic rings. The Kier molecular flexibility index (Phi) is 5.54. The molecule has 0 saturated carbocycles. The minimum Gasteiger partial charge on any atom is -0.497 e. The van der Waals surface area contributed by atoms with Gasteiger partial charge in [-0.25, -0.2) is 9.59 Å². The predicted octanol–water partition coefficient (Wildman–Crippen LogP) is 2.78. The van der Waals surface area contributed by atoms with Gasteiger partial charge in [0.15, 0.2) is 0 Å². The maximum Gasteiger partial charge on any atom is 0.410 e. The number of piperazine rings is 1. The summed E-state index contributed by atoms with van der Waals surface area (Å²) in [6.07, 6.45) is -0.338. The number of nitrogens with one attached hydrogen (secondary N) is 1. The van der Waals surface area contributed by atoms with E-state index < -0.39 is 5.60 Å². The lowest BCUT2D eigenvalue weighted by Crippen LogP contribution is -2.52. The molecule has 7 nitrogen and oxygen atoms in total. The van der Waals surface area contributed by atoms with Crippen molar-refractivity contribution in [2.75, 3.05) is 38.6 Å². The molecule has 0 unspecified atom stereocenters. The lowest BCUT2D eigenvalue weighted by atomic mass is 10.2. The summed E-state index contributed by atoms with van der Waals surface area (Å²) in [7, 11) is 1.58. The molecule has 0 aromatic heterocycles.